The lowest BCUT2D eigenvalue weighted by molar-refractivity contribution is 0.662. The zero-order valence-corrected chi connectivity index (χ0v) is 13.3. The largest absolute Gasteiger partial charge is 0.285 e. The van der Waals surface area contributed by atoms with Crippen LogP contribution in [0.15, 0.2) is 59.4 Å². The van der Waals surface area contributed by atoms with Crippen LogP contribution >= 0.6 is 23.8 Å². The van der Waals surface area contributed by atoms with E-state index in [0.29, 0.717) is 21.2 Å². The molecule has 1 heterocycles. The van der Waals surface area contributed by atoms with Crippen molar-refractivity contribution < 1.29 is 0 Å². The standard InChI is InChI=1S/C16H12ClN3OS/c1-19-16(22)20(13-9-7-12(17)8-10-13)15(21)14(18-19)11-5-3-2-4-6-11/h2-10H,1H3. The first-order valence-electron chi connectivity index (χ1n) is 6.59. The Morgan fingerprint density at radius 1 is 1.05 bits per heavy atom. The second-order valence-electron chi connectivity index (χ2n) is 4.74. The fourth-order valence-electron chi connectivity index (χ4n) is 2.17. The lowest BCUT2D eigenvalue weighted by Gasteiger charge is -2.11. The van der Waals surface area contributed by atoms with Crippen LogP contribution in [-0.4, -0.2) is 14.3 Å². The summed E-state index contributed by atoms with van der Waals surface area (Å²) in [6.45, 7) is 0. The van der Waals surface area contributed by atoms with Crippen LogP contribution in [0.1, 0.15) is 0 Å². The third-order valence-electron chi connectivity index (χ3n) is 3.26. The normalized spacial score (nSPS) is 10.6. The summed E-state index contributed by atoms with van der Waals surface area (Å²) in [5.41, 5.74) is 1.51. The molecule has 110 valence electrons. The van der Waals surface area contributed by atoms with Crippen molar-refractivity contribution in [3.8, 4) is 16.9 Å². The fraction of sp³-hybridized carbons (Fsp3) is 0.0625. The molecule has 0 saturated heterocycles. The molecule has 2 aromatic carbocycles. The van der Waals surface area contributed by atoms with Crippen molar-refractivity contribution in [3.63, 3.8) is 0 Å². The average molecular weight is 330 g/mol. The Hall–Kier alpha value is -2.24. The molecule has 0 aliphatic heterocycles. The molecule has 0 N–H and O–H groups in total. The molecule has 3 aromatic rings. The summed E-state index contributed by atoms with van der Waals surface area (Å²) in [7, 11) is 1.72. The molecule has 0 unspecified atom stereocenters. The Labute approximate surface area is 137 Å². The number of nitrogens with zero attached hydrogens (tertiary/aromatic N) is 3. The van der Waals surface area contributed by atoms with Gasteiger partial charge >= 0.3 is 0 Å². The van der Waals surface area contributed by atoms with Gasteiger partial charge in [0.1, 0.15) is 0 Å². The smallest absolute Gasteiger partial charge is 0.266 e. The van der Waals surface area contributed by atoms with Crippen molar-refractivity contribution in [2.75, 3.05) is 0 Å². The molecule has 0 atom stereocenters. The second-order valence-corrected chi connectivity index (χ2v) is 5.54. The summed E-state index contributed by atoms with van der Waals surface area (Å²) in [5, 5.41) is 4.90. The van der Waals surface area contributed by atoms with Crippen LogP contribution in [-0.2, 0) is 7.05 Å². The number of aryl methyl sites for hydroxylation is 1. The maximum absolute atomic E-state index is 12.8. The van der Waals surface area contributed by atoms with E-state index in [4.69, 9.17) is 23.8 Å². The highest BCUT2D eigenvalue weighted by atomic mass is 35.5. The Bertz CT molecular complexity index is 930. The van der Waals surface area contributed by atoms with E-state index in [1.54, 1.807) is 31.3 Å². The number of rotatable bonds is 2. The van der Waals surface area contributed by atoms with Gasteiger partial charge in [0, 0.05) is 17.6 Å². The number of hydrogen-bond donors (Lipinski definition) is 0. The quantitative estimate of drug-likeness (QED) is 0.674. The third kappa shape index (κ3) is 2.61. The molecule has 0 saturated carbocycles. The van der Waals surface area contributed by atoms with Gasteiger partial charge in [-0.15, -0.1) is 0 Å². The minimum absolute atomic E-state index is 0.253. The molecule has 1 aromatic heterocycles. The van der Waals surface area contributed by atoms with E-state index in [9.17, 15) is 4.79 Å². The summed E-state index contributed by atoms with van der Waals surface area (Å²) >= 11 is 11.2. The second kappa shape index (κ2) is 5.87. The Balaban J connectivity index is 2.32. The van der Waals surface area contributed by atoms with E-state index < -0.39 is 0 Å². The zero-order valence-electron chi connectivity index (χ0n) is 11.7. The van der Waals surface area contributed by atoms with Crippen molar-refractivity contribution in [3.05, 3.63) is 74.7 Å². The first-order valence-corrected chi connectivity index (χ1v) is 7.38. The van der Waals surface area contributed by atoms with Crippen LogP contribution in [0.25, 0.3) is 16.9 Å². The summed E-state index contributed by atoms with van der Waals surface area (Å²) < 4.78 is 3.31. The van der Waals surface area contributed by atoms with E-state index in [0.717, 1.165) is 5.56 Å². The van der Waals surface area contributed by atoms with Gasteiger partial charge in [-0.1, -0.05) is 41.9 Å². The molecule has 0 radical (unpaired) electrons. The van der Waals surface area contributed by atoms with Gasteiger partial charge in [-0.25, -0.2) is 4.68 Å². The predicted octanol–water partition coefficient (Wildman–Crippen LogP) is 3.62. The van der Waals surface area contributed by atoms with Crippen LogP contribution in [0.4, 0.5) is 0 Å². The summed E-state index contributed by atoms with van der Waals surface area (Å²) in [6, 6.07) is 16.3. The van der Waals surface area contributed by atoms with Crippen LogP contribution in [0.2, 0.25) is 5.02 Å². The number of halogens is 1. The Morgan fingerprint density at radius 2 is 1.68 bits per heavy atom. The number of benzene rings is 2. The zero-order chi connectivity index (χ0) is 15.7. The van der Waals surface area contributed by atoms with Gasteiger partial charge in [0.2, 0.25) is 4.77 Å². The first-order chi connectivity index (χ1) is 10.6. The van der Waals surface area contributed by atoms with Crippen LogP contribution in [0.5, 0.6) is 0 Å². The van der Waals surface area contributed by atoms with E-state index >= 15 is 0 Å². The molecule has 0 aliphatic carbocycles. The lowest BCUT2D eigenvalue weighted by Crippen LogP contribution is -2.26. The summed E-state index contributed by atoms with van der Waals surface area (Å²) in [5.74, 6) is 0. The van der Waals surface area contributed by atoms with Crippen molar-refractivity contribution in [2.24, 2.45) is 7.05 Å². The molecule has 4 nitrogen and oxygen atoms in total. The van der Waals surface area contributed by atoms with Crippen molar-refractivity contribution in [1.82, 2.24) is 14.3 Å². The third-order valence-corrected chi connectivity index (χ3v) is 3.95. The molecular weight excluding hydrogens is 318 g/mol. The highest BCUT2D eigenvalue weighted by molar-refractivity contribution is 7.71. The monoisotopic (exact) mass is 329 g/mol. The maximum atomic E-state index is 12.8. The van der Waals surface area contributed by atoms with E-state index in [2.05, 4.69) is 5.10 Å². The Morgan fingerprint density at radius 3 is 2.32 bits per heavy atom. The minimum Gasteiger partial charge on any atom is -0.266 e. The molecule has 0 bridgehead atoms. The Kier molecular flexibility index (Phi) is 3.92. The fourth-order valence-corrected chi connectivity index (χ4v) is 2.52. The SMILES string of the molecule is Cn1nc(-c2ccccc2)c(=O)n(-c2ccc(Cl)cc2)c1=S. The van der Waals surface area contributed by atoms with Gasteiger partial charge in [0.05, 0.1) is 5.69 Å². The van der Waals surface area contributed by atoms with Crippen LogP contribution in [0.3, 0.4) is 0 Å². The maximum Gasteiger partial charge on any atom is 0.285 e. The van der Waals surface area contributed by atoms with E-state index in [1.165, 1.54) is 9.25 Å². The van der Waals surface area contributed by atoms with Crippen molar-refractivity contribution in [2.45, 2.75) is 0 Å². The molecular formula is C16H12ClN3OS. The molecule has 0 fully saturated rings. The molecule has 0 aliphatic rings. The molecule has 22 heavy (non-hydrogen) atoms. The van der Waals surface area contributed by atoms with Gasteiger partial charge in [-0.2, -0.15) is 5.10 Å². The van der Waals surface area contributed by atoms with Gasteiger partial charge in [0.25, 0.3) is 5.56 Å². The van der Waals surface area contributed by atoms with Gasteiger partial charge in [-0.3, -0.25) is 9.36 Å². The number of hydrogen-bond acceptors (Lipinski definition) is 3. The molecule has 3 rings (SSSR count). The van der Waals surface area contributed by atoms with Crippen LogP contribution < -0.4 is 5.56 Å². The summed E-state index contributed by atoms with van der Waals surface area (Å²) in [4.78, 5) is 12.8. The van der Waals surface area contributed by atoms with E-state index in [-0.39, 0.29) is 5.56 Å². The summed E-state index contributed by atoms with van der Waals surface area (Å²) in [6.07, 6.45) is 0. The highest BCUT2D eigenvalue weighted by Crippen LogP contribution is 2.15. The molecule has 6 heteroatoms. The minimum atomic E-state index is -0.253. The van der Waals surface area contributed by atoms with Crippen molar-refractivity contribution in [1.29, 1.82) is 0 Å². The first kappa shape index (κ1) is 14.7. The number of aromatic nitrogens is 3. The van der Waals surface area contributed by atoms with Gasteiger partial charge < -0.3 is 0 Å². The predicted molar refractivity (Wildman–Crippen MR) is 90.1 cm³/mol. The highest BCUT2D eigenvalue weighted by Gasteiger charge is 2.12. The molecule has 0 amide bonds. The lowest BCUT2D eigenvalue weighted by atomic mass is 10.1. The van der Waals surface area contributed by atoms with Crippen LogP contribution in [0, 0.1) is 4.77 Å². The topological polar surface area (TPSA) is 39.8 Å². The van der Waals surface area contributed by atoms with Gasteiger partial charge in [-0.05, 0) is 36.5 Å². The van der Waals surface area contributed by atoms with E-state index in [1.807, 2.05) is 30.3 Å². The van der Waals surface area contributed by atoms with Gasteiger partial charge in [0.15, 0.2) is 5.69 Å². The average Bonchev–Trinajstić information content (AvgIpc) is 2.54. The molecule has 0 spiro atoms. The van der Waals surface area contributed by atoms with Crippen molar-refractivity contribution >= 4 is 23.8 Å².